The number of rotatable bonds is 8. The normalized spacial score (nSPS) is 25.4. The number of fused-ring (bicyclic) bond motifs is 1. The van der Waals surface area contributed by atoms with Crippen LogP contribution in [0.1, 0.15) is 32.3 Å². The molecule has 0 unspecified atom stereocenters. The largest absolute Gasteiger partial charge is 0.387 e. The van der Waals surface area contributed by atoms with Crippen LogP contribution in [0, 0.1) is 5.92 Å². The van der Waals surface area contributed by atoms with Gasteiger partial charge in [-0.1, -0.05) is 13.8 Å². The number of hydrogen-bond acceptors (Lipinski definition) is 11. The Morgan fingerprint density at radius 3 is 2.60 bits per heavy atom. The maximum atomic E-state index is 14.4. The van der Waals surface area contributed by atoms with Crippen molar-refractivity contribution in [2.24, 2.45) is 5.92 Å². The van der Waals surface area contributed by atoms with Crippen molar-refractivity contribution in [3.8, 4) is 0 Å². The molecule has 2 fully saturated rings. The molecular weight excluding hydrogens is 537 g/mol. The minimum atomic E-state index is -3.06. The van der Waals surface area contributed by atoms with Crippen molar-refractivity contribution < 1.29 is 22.7 Å². The number of nitrogens with zero attached hydrogens (tertiary/aromatic N) is 6. The molecule has 40 heavy (non-hydrogen) atoms. The van der Waals surface area contributed by atoms with E-state index >= 15 is 0 Å². The van der Waals surface area contributed by atoms with E-state index in [1.54, 1.807) is 23.4 Å². The van der Waals surface area contributed by atoms with Crippen LogP contribution in [0.3, 0.4) is 0 Å². The Balaban J connectivity index is 1.41. The highest BCUT2D eigenvalue weighted by atomic mass is 32.2. The number of nitrogens with one attached hydrogen (secondary N) is 1. The van der Waals surface area contributed by atoms with Gasteiger partial charge >= 0.3 is 0 Å². The first kappa shape index (κ1) is 28.4. The summed E-state index contributed by atoms with van der Waals surface area (Å²) in [6.45, 7) is 7.10. The van der Waals surface area contributed by atoms with Gasteiger partial charge in [-0.25, -0.2) is 27.8 Å². The molecule has 0 radical (unpaired) electrons. The van der Waals surface area contributed by atoms with Gasteiger partial charge in [-0.15, -0.1) is 0 Å². The standard InChI is InChI=1S/C27H36FN7O4S/c1-15(2)19-9-31-26(35-11-17(16(35)3)14-40(5,37)38)20-10-30-24(8-18(19)20)32-23-6-7-29-27(33-23)34-12-21(28)25(36)22(13-34)39-4/h6-10,15-17,21-22,25,36H,11-14H2,1-5H3,(H,29,30,32,33)/t16-,17-,21+,22-,25+/m1/s1. The SMILES string of the molecule is CO[C@@H]1CN(c2nccc(Nc3cc4c(C(C)C)cnc(N5C[C@H](CS(C)(=O)=O)[C@H]5C)c4cn3)n2)C[C@H](F)[C@@H]1O. The highest BCUT2D eigenvalue weighted by Gasteiger charge is 2.39. The summed E-state index contributed by atoms with van der Waals surface area (Å²) in [6.07, 6.45) is 3.18. The predicted octanol–water partition coefficient (Wildman–Crippen LogP) is 2.69. The van der Waals surface area contributed by atoms with Crippen LogP contribution in [0.15, 0.2) is 30.7 Å². The van der Waals surface area contributed by atoms with E-state index in [1.807, 2.05) is 19.2 Å². The van der Waals surface area contributed by atoms with Crippen LogP contribution in [0.5, 0.6) is 0 Å². The molecule has 5 heterocycles. The third kappa shape index (κ3) is 5.68. The molecule has 216 valence electrons. The van der Waals surface area contributed by atoms with Crippen molar-refractivity contribution in [2.45, 2.75) is 51.1 Å². The molecular formula is C27H36FN7O4S. The highest BCUT2D eigenvalue weighted by Crippen LogP contribution is 2.38. The fourth-order valence-electron chi connectivity index (χ4n) is 5.48. The van der Waals surface area contributed by atoms with Gasteiger partial charge in [0.1, 0.15) is 45.7 Å². The summed E-state index contributed by atoms with van der Waals surface area (Å²) in [4.78, 5) is 22.1. The number of sulfone groups is 1. The second kappa shape index (κ2) is 11.0. The molecule has 5 atom stereocenters. The summed E-state index contributed by atoms with van der Waals surface area (Å²) in [6, 6.07) is 3.72. The van der Waals surface area contributed by atoms with Gasteiger partial charge in [-0.2, -0.15) is 4.98 Å². The lowest BCUT2D eigenvalue weighted by molar-refractivity contribution is -0.0582. The van der Waals surface area contributed by atoms with Gasteiger partial charge in [0, 0.05) is 62.4 Å². The zero-order valence-corrected chi connectivity index (χ0v) is 24.1. The Morgan fingerprint density at radius 2 is 1.93 bits per heavy atom. The van der Waals surface area contributed by atoms with Crippen molar-refractivity contribution in [3.05, 3.63) is 36.3 Å². The second-order valence-electron chi connectivity index (χ2n) is 11.1. The number of anilines is 4. The monoisotopic (exact) mass is 573 g/mol. The third-order valence-corrected chi connectivity index (χ3v) is 8.86. The number of alkyl halides is 1. The number of pyridine rings is 2. The van der Waals surface area contributed by atoms with Crippen molar-refractivity contribution in [1.82, 2.24) is 19.9 Å². The van der Waals surface area contributed by atoms with E-state index in [4.69, 9.17) is 9.72 Å². The minimum Gasteiger partial charge on any atom is -0.387 e. The van der Waals surface area contributed by atoms with Crippen molar-refractivity contribution in [3.63, 3.8) is 0 Å². The number of hydrogen-bond donors (Lipinski definition) is 2. The molecule has 0 bridgehead atoms. The quantitative estimate of drug-likeness (QED) is 0.412. The molecule has 2 aliphatic heterocycles. The fraction of sp³-hybridized carbons (Fsp3) is 0.556. The summed E-state index contributed by atoms with van der Waals surface area (Å²) < 4.78 is 43.3. The number of aliphatic hydroxyl groups excluding tert-OH is 1. The molecule has 3 aromatic rings. The van der Waals surface area contributed by atoms with E-state index in [1.165, 1.54) is 13.4 Å². The topological polar surface area (TPSA) is 134 Å². The van der Waals surface area contributed by atoms with Crippen LogP contribution in [0.4, 0.5) is 27.8 Å². The Bertz CT molecular complexity index is 1490. The Labute approximate surface area is 233 Å². The summed E-state index contributed by atoms with van der Waals surface area (Å²) in [7, 11) is -1.61. The molecule has 0 aliphatic carbocycles. The summed E-state index contributed by atoms with van der Waals surface area (Å²) in [5.41, 5.74) is 1.07. The fourth-order valence-corrected chi connectivity index (χ4v) is 6.64. The van der Waals surface area contributed by atoms with E-state index in [9.17, 15) is 17.9 Å². The number of piperidine rings is 1. The van der Waals surface area contributed by atoms with Crippen LogP contribution in [0.2, 0.25) is 0 Å². The lowest BCUT2D eigenvalue weighted by atomic mass is 9.90. The van der Waals surface area contributed by atoms with Crippen LogP contribution in [0.25, 0.3) is 10.8 Å². The van der Waals surface area contributed by atoms with E-state index in [2.05, 4.69) is 39.0 Å². The molecule has 5 rings (SSSR count). The maximum absolute atomic E-state index is 14.4. The summed E-state index contributed by atoms with van der Waals surface area (Å²) in [5, 5.41) is 15.2. The molecule has 2 saturated heterocycles. The Kier molecular flexibility index (Phi) is 7.81. The molecule has 0 aromatic carbocycles. The molecule has 0 amide bonds. The summed E-state index contributed by atoms with van der Waals surface area (Å²) >= 11 is 0. The van der Waals surface area contributed by atoms with E-state index in [0.717, 1.165) is 22.2 Å². The number of aliphatic hydroxyl groups is 1. The Morgan fingerprint density at radius 1 is 1.15 bits per heavy atom. The zero-order chi connectivity index (χ0) is 28.8. The molecule has 0 saturated carbocycles. The van der Waals surface area contributed by atoms with Gasteiger partial charge in [0.25, 0.3) is 0 Å². The minimum absolute atomic E-state index is 0.0355. The molecule has 3 aromatic heterocycles. The van der Waals surface area contributed by atoms with Crippen molar-refractivity contribution >= 4 is 44.0 Å². The van der Waals surface area contributed by atoms with Gasteiger partial charge in [0.15, 0.2) is 0 Å². The Hall–Kier alpha value is -3.16. The van der Waals surface area contributed by atoms with Gasteiger partial charge in [0.05, 0.1) is 12.3 Å². The molecule has 2 N–H and O–H groups in total. The lowest BCUT2D eigenvalue weighted by Gasteiger charge is -2.47. The van der Waals surface area contributed by atoms with Crippen molar-refractivity contribution in [1.29, 1.82) is 0 Å². The van der Waals surface area contributed by atoms with Gasteiger partial charge in [-0.3, -0.25) is 0 Å². The molecule has 2 aliphatic rings. The first-order valence-corrected chi connectivity index (χ1v) is 15.4. The first-order chi connectivity index (χ1) is 18.9. The van der Waals surface area contributed by atoms with Crippen molar-refractivity contribution in [2.75, 3.05) is 53.9 Å². The smallest absolute Gasteiger partial charge is 0.227 e. The predicted molar refractivity (Wildman–Crippen MR) is 153 cm³/mol. The number of methoxy groups -OCH3 is 1. The number of halogens is 1. The van der Waals surface area contributed by atoms with E-state index in [0.29, 0.717) is 24.1 Å². The molecule has 11 nitrogen and oxygen atoms in total. The van der Waals surface area contributed by atoms with E-state index < -0.39 is 28.2 Å². The average Bonchev–Trinajstić information content (AvgIpc) is 2.91. The zero-order valence-electron chi connectivity index (χ0n) is 23.3. The van der Waals surface area contributed by atoms with Gasteiger partial charge in [-0.05, 0) is 35.9 Å². The lowest BCUT2D eigenvalue weighted by Crippen LogP contribution is -2.57. The van der Waals surface area contributed by atoms with Gasteiger partial charge < -0.3 is 25.0 Å². The second-order valence-corrected chi connectivity index (χ2v) is 13.3. The molecule has 0 spiro atoms. The maximum Gasteiger partial charge on any atom is 0.227 e. The number of ether oxygens (including phenoxy) is 1. The van der Waals surface area contributed by atoms with Crippen LogP contribution < -0.4 is 15.1 Å². The van der Waals surface area contributed by atoms with E-state index in [-0.39, 0.29) is 36.7 Å². The first-order valence-electron chi connectivity index (χ1n) is 13.4. The summed E-state index contributed by atoms with van der Waals surface area (Å²) in [5.74, 6) is 2.63. The van der Waals surface area contributed by atoms with Crippen LogP contribution in [-0.2, 0) is 14.6 Å². The van der Waals surface area contributed by atoms with Crippen LogP contribution >= 0.6 is 0 Å². The molecule has 13 heteroatoms. The average molecular weight is 574 g/mol. The number of aromatic nitrogens is 4. The van der Waals surface area contributed by atoms with Gasteiger partial charge in [0.2, 0.25) is 5.95 Å². The highest BCUT2D eigenvalue weighted by molar-refractivity contribution is 7.90. The third-order valence-electron chi connectivity index (χ3n) is 7.83. The van der Waals surface area contributed by atoms with Crippen LogP contribution in [-0.4, -0.2) is 96.6 Å².